The summed E-state index contributed by atoms with van der Waals surface area (Å²) in [4.78, 5) is 2.20. The van der Waals surface area contributed by atoms with Crippen molar-refractivity contribution in [2.24, 2.45) is 5.92 Å². The Kier molecular flexibility index (Phi) is 3.62. The number of fused-ring (bicyclic) bond motifs is 1. The highest BCUT2D eigenvalue weighted by atomic mass is 16.3. The van der Waals surface area contributed by atoms with E-state index in [1.54, 1.807) is 0 Å². The molecule has 1 N–H and O–H groups in total. The van der Waals surface area contributed by atoms with Crippen LogP contribution in [0.3, 0.4) is 0 Å². The summed E-state index contributed by atoms with van der Waals surface area (Å²) >= 11 is 0. The van der Waals surface area contributed by atoms with E-state index in [9.17, 15) is 5.11 Å². The largest absolute Gasteiger partial charge is 0.378 e. The Hall–Kier alpha value is -0.860. The summed E-state index contributed by atoms with van der Waals surface area (Å²) in [6.07, 6.45) is 1.81. The molecule has 0 spiro atoms. The summed E-state index contributed by atoms with van der Waals surface area (Å²) in [7, 11) is 0. The number of benzene rings is 1. The molecule has 1 atom stereocenters. The lowest BCUT2D eigenvalue weighted by molar-refractivity contribution is -0.0272. The smallest absolute Gasteiger partial charge is 0.109 e. The van der Waals surface area contributed by atoms with E-state index in [0.29, 0.717) is 5.92 Å². The van der Waals surface area contributed by atoms with E-state index in [4.69, 9.17) is 0 Å². The molecule has 1 aromatic rings. The number of aliphatic hydroxyl groups is 1. The zero-order valence-corrected chi connectivity index (χ0v) is 10.2. The number of rotatable bonds is 2. The molecule has 0 radical (unpaired) electrons. The van der Waals surface area contributed by atoms with Crippen LogP contribution in [0.15, 0.2) is 24.3 Å². The zero-order valence-electron chi connectivity index (χ0n) is 10.2. The highest BCUT2D eigenvalue weighted by Gasteiger charge is 2.21. The molecule has 1 aliphatic rings. The van der Waals surface area contributed by atoms with Crippen LogP contribution in [0.25, 0.3) is 0 Å². The Morgan fingerprint density at radius 3 is 2.00 bits per heavy atom. The molecule has 1 aromatic carbocycles. The van der Waals surface area contributed by atoms with Gasteiger partial charge >= 0.3 is 0 Å². The first-order valence-electron chi connectivity index (χ1n) is 6.17. The lowest BCUT2D eigenvalue weighted by Gasteiger charge is -2.28. The van der Waals surface area contributed by atoms with E-state index in [1.807, 2.05) is 0 Å². The van der Waals surface area contributed by atoms with Crippen molar-refractivity contribution < 1.29 is 5.11 Å². The van der Waals surface area contributed by atoms with E-state index in [1.165, 1.54) is 11.1 Å². The summed E-state index contributed by atoms with van der Waals surface area (Å²) in [5, 5.41) is 10.1. The number of hydrogen-bond acceptors (Lipinski definition) is 2. The van der Waals surface area contributed by atoms with Crippen molar-refractivity contribution in [3.63, 3.8) is 0 Å². The molecule has 0 amide bonds. The minimum Gasteiger partial charge on any atom is -0.378 e. The van der Waals surface area contributed by atoms with Gasteiger partial charge in [-0.1, -0.05) is 38.1 Å². The Balaban J connectivity index is 2.07. The van der Waals surface area contributed by atoms with Gasteiger partial charge in [0.15, 0.2) is 0 Å². The predicted octanol–water partition coefficient (Wildman–Crippen LogP) is 2.06. The van der Waals surface area contributed by atoms with Gasteiger partial charge in [-0.3, -0.25) is 4.90 Å². The van der Waals surface area contributed by atoms with Crippen LogP contribution >= 0.6 is 0 Å². The van der Waals surface area contributed by atoms with Crippen LogP contribution in [-0.2, 0) is 12.8 Å². The predicted molar refractivity (Wildman–Crippen MR) is 66.3 cm³/mol. The Bertz CT molecular complexity index is 321. The van der Waals surface area contributed by atoms with Gasteiger partial charge in [-0.2, -0.15) is 0 Å². The highest BCUT2D eigenvalue weighted by molar-refractivity contribution is 5.28. The SMILES string of the molecule is CC(C)C(O)N1CCc2ccccc2CC1. The average molecular weight is 219 g/mol. The molecule has 2 heteroatoms. The second kappa shape index (κ2) is 4.98. The van der Waals surface area contributed by atoms with Crippen LogP contribution in [0.4, 0.5) is 0 Å². The van der Waals surface area contributed by atoms with Gasteiger partial charge in [0.05, 0.1) is 0 Å². The van der Waals surface area contributed by atoms with Crippen molar-refractivity contribution in [3.05, 3.63) is 35.4 Å². The molecule has 0 saturated carbocycles. The topological polar surface area (TPSA) is 23.5 Å². The summed E-state index contributed by atoms with van der Waals surface area (Å²) in [6.45, 7) is 6.08. The first-order chi connectivity index (χ1) is 7.68. The molecule has 16 heavy (non-hydrogen) atoms. The Morgan fingerprint density at radius 2 is 1.56 bits per heavy atom. The molecule has 1 unspecified atom stereocenters. The third kappa shape index (κ3) is 2.45. The van der Waals surface area contributed by atoms with Crippen LogP contribution in [-0.4, -0.2) is 29.3 Å². The Labute approximate surface area is 97.9 Å². The van der Waals surface area contributed by atoms with Crippen molar-refractivity contribution in [1.29, 1.82) is 0 Å². The van der Waals surface area contributed by atoms with Crippen molar-refractivity contribution in [1.82, 2.24) is 4.90 Å². The number of nitrogens with zero attached hydrogens (tertiary/aromatic N) is 1. The molecule has 0 saturated heterocycles. The minimum absolute atomic E-state index is 0.297. The molecule has 0 bridgehead atoms. The second-order valence-corrected chi connectivity index (χ2v) is 4.96. The normalized spacial score (nSPS) is 19.2. The summed E-state index contributed by atoms with van der Waals surface area (Å²) in [5.41, 5.74) is 2.89. The van der Waals surface area contributed by atoms with Gasteiger partial charge in [0, 0.05) is 13.1 Å². The van der Waals surface area contributed by atoms with Crippen LogP contribution < -0.4 is 0 Å². The van der Waals surface area contributed by atoms with Crippen molar-refractivity contribution in [2.75, 3.05) is 13.1 Å². The van der Waals surface area contributed by atoms with E-state index in [0.717, 1.165) is 25.9 Å². The van der Waals surface area contributed by atoms with Gasteiger partial charge < -0.3 is 5.11 Å². The van der Waals surface area contributed by atoms with Crippen molar-refractivity contribution in [2.45, 2.75) is 32.9 Å². The molecular weight excluding hydrogens is 198 g/mol. The van der Waals surface area contributed by atoms with E-state index in [2.05, 4.69) is 43.0 Å². The van der Waals surface area contributed by atoms with Gasteiger partial charge in [-0.05, 0) is 29.9 Å². The van der Waals surface area contributed by atoms with Crippen molar-refractivity contribution in [3.8, 4) is 0 Å². The molecule has 1 aliphatic heterocycles. The third-order valence-corrected chi connectivity index (χ3v) is 3.43. The molecule has 0 aromatic heterocycles. The van der Waals surface area contributed by atoms with Crippen LogP contribution in [0.2, 0.25) is 0 Å². The number of aliphatic hydroxyl groups excluding tert-OH is 1. The molecule has 88 valence electrons. The van der Waals surface area contributed by atoms with Crippen LogP contribution in [0.5, 0.6) is 0 Å². The first-order valence-corrected chi connectivity index (χ1v) is 6.17. The maximum absolute atomic E-state index is 10.1. The van der Waals surface area contributed by atoms with Gasteiger partial charge in [-0.25, -0.2) is 0 Å². The summed E-state index contributed by atoms with van der Waals surface area (Å²) < 4.78 is 0. The fraction of sp³-hybridized carbons (Fsp3) is 0.571. The van der Waals surface area contributed by atoms with E-state index in [-0.39, 0.29) is 6.23 Å². The lowest BCUT2D eigenvalue weighted by Crippen LogP contribution is -2.40. The quantitative estimate of drug-likeness (QED) is 0.823. The van der Waals surface area contributed by atoms with Gasteiger partial charge in [0.1, 0.15) is 6.23 Å². The molecule has 1 heterocycles. The third-order valence-electron chi connectivity index (χ3n) is 3.43. The lowest BCUT2D eigenvalue weighted by atomic mass is 10.0. The van der Waals surface area contributed by atoms with Gasteiger partial charge in [-0.15, -0.1) is 0 Å². The van der Waals surface area contributed by atoms with Gasteiger partial charge in [0.2, 0.25) is 0 Å². The van der Waals surface area contributed by atoms with Gasteiger partial charge in [0.25, 0.3) is 0 Å². The second-order valence-electron chi connectivity index (χ2n) is 4.96. The van der Waals surface area contributed by atoms with E-state index < -0.39 is 0 Å². The fourth-order valence-electron chi connectivity index (χ4n) is 2.37. The average Bonchev–Trinajstić information content (AvgIpc) is 2.50. The summed E-state index contributed by atoms with van der Waals surface area (Å²) in [5.74, 6) is 0.307. The monoisotopic (exact) mass is 219 g/mol. The molecular formula is C14H21NO. The van der Waals surface area contributed by atoms with Crippen LogP contribution in [0, 0.1) is 5.92 Å². The van der Waals surface area contributed by atoms with E-state index >= 15 is 0 Å². The fourth-order valence-corrected chi connectivity index (χ4v) is 2.37. The van der Waals surface area contributed by atoms with Crippen LogP contribution in [0.1, 0.15) is 25.0 Å². The maximum atomic E-state index is 10.1. The minimum atomic E-state index is -0.297. The van der Waals surface area contributed by atoms with Crippen molar-refractivity contribution >= 4 is 0 Å². The molecule has 0 aliphatic carbocycles. The molecule has 2 nitrogen and oxygen atoms in total. The zero-order chi connectivity index (χ0) is 11.5. The summed E-state index contributed by atoms with van der Waals surface area (Å²) in [6, 6.07) is 8.63. The number of hydrogen-bond donors (Lipinski definition) is 1. The molecule has 0 fully saturated rings. The highest BCUT2D eigenvalue weighted by Crippen LogP contribution is 2.18. The standard InChI is InChI=1S/C14H21NO/c1-11(2)14(16)15-9-7-12-5-3-4-6-13(12)8-10-15/h3-6,11,14,16H,7-10H2,1-2H3. The Morgan fingerprint density at radius 1 is 1.06 bits per heavy atom. The maximum Gasteiger partial charge on any atom is 0.109 e. The molecule has 2 rings (SSSR count). The first kappa shape index (κ1) is 11.6.